The lowest BCUT2D eigenvalue weighted by Gasteiger charge is -2.24. The van der Waals surface area contributed by atoms with Crippen LogP contribution in [-0.4, -0.2) is 27.5 Å². The molecule has 0 radical (unpaired) electrons. The quantitative estimate of drug-likeness (QED) is 0.763. The first-order valence-electron chi connectivity index (χ1n) is 9.64. The summed E-state index contributed by atoms with van der Waals surface area (Å²) in [7, 11) is 0. The number of fused-ring (bicyclic) bond motifs is 2. The third kappa shape index (κ3) is 4.64. The molecule has 28 heavy (non-hydrogen) atoms. The molecule has 0 fully saturated rings. The van der Waals surface area contributed by atoms with Gasteiger partial charge in [-0.2, -0.15) is 0 Å². The van der Waals surface area contributed by atoms with Crippen LogP contribution >= 0.6 is 0 Å². The predicted octanol–water partition coefficient (Wildman–Crippen LogP) is 2.91. The van der Waals surface area contributed by atoms with E-state index in [9.17, 15) is 4.79 Å². The summed E-state index contributed by atoms with van der Waals surface area (Å²) in [6.07, 6.45) is 3.29. The van der Waals surface area contributed by atoms with Crippen molar-refractivity contribution < 1.29 is 9.53 Å². The molecule has 2 bridgehead atoms. The summed E-state index contributed by atoms with van der Waals surface area (Å²) in [5.74, 6) is -0.108. The van der Waals surface area contributed by atoms with E-state index in [2.05, 4.69) is 27.8 Å². The highest BCUT2D eigenvalue weighted by Gasteiger charge is 2.24. The molecule has 2 aromatic carbocycles. The Balaban J connectivity index is 1.58. The fourth-order valence-electron chi connectivity index (χ4n) is 3.50. The highest BCUT2D eigenvalue weighted by atomic mass is 16.5. The second-order valence-corrected chi connectivity index (χ2v) is 7.14. The molecule has 1 aliphatic heterocycles. The molecular formula is C22H24N4O2. The van der Waals surface area contributed by atoms with Gasteiger partial charge in [0.1, 0.15) is 5.69 Å². The van der Waals surface area contributed by atoms with Crippen molar-refractivity contribution in [1.82, 2.24) is 20.3 Å². The molecule has 4 rings (SSSR count). The van der Waals surface area contributed by atoms with E-state index in [-0.39, 0.29) is 17.9 Å². The highest BCUT2D eigenvalue weighted by Crippen LogP contribution is 2.19. The Kier molecular flexibility index (Phi) is 5.77. The minimum Gasteiger partial charge on any atom is -0.373 e. The molecule has 2 heterocycles. The van der Waals surface area contributed by atoms with Crippen molar-refractivity contribution in [1.29, 1.82) is 0 Å². The minimum atomic E-state index is -0.193. The molecule has 0 aliphatic carbocycles. The van der Waals surface area contributed by atoms with Crippen molar-refractivity contribution in [3.63, 3.8) is 0 Å². The average Bonchev–Trinajstić information content (AvgIpc) is 3.19. The number of amides is 1. The zero-order valence-electron chi connectivity index (χ0n) is 15.7. The number of ether oxygens (including phenoxy) is 1. The number of carbonyl (C=O) groups excluding carboxylic acids is 1. The summed E-state index contributed by atoms with van der Waals surface area (Å²) in [6.45, 7) is 1.42. The van der Waals surface area contributed by atoms with Crippen LogP contribution in [0.2, 0.25) is 0 Å². The van der Waals surface area contributed by atoms with Gasteiger partial charge in [0.25, 0.3) is 0 Å². The van der Waals surface area contributed by atoms with E-state index in [4.69, 9.17) is 4.74 Å². The number of aromatic nitrogens is 3. The molecule has 144 valence electrons. The lowest BCUT2D eigenvalue weighted by atomic mass is 9.94. The number of rotatable bonds is 3. The maximum atomic E-state index is 13.2. The Morgan fingerprint density at radius 1 is 1.07 bits per heavy atom. The molecule has 0 spiro atoms. The Labute approximate surface area is 164 Å². The maximum Gasteiger partial charge on any atom is 0.224 e. The van der Waals surface area contributed by atoms with Crippen LogP contribution < -0.4 is 5.32 Å². The molecule has 1 N–H and O–H groups in total. The first-order valence-corrected chi connectivity index (χ1v) is 9.64. The number of carbonyl (C=O) groups is 1. The summed E-state index contributed by atoms with van der Waals surface area (Å²) in [6, 6.07) is 19.9. The number of nitrogens with one attached hydrogen (secondary N) is 1. The van der Waals surface area contributed by atoms with Gasteiger partial charge in [-0.25, -0.2) is 0 Å². The second-order valence-electron chi connectivity index (χ2n) is 7.14. The Morgan fingerprint density at radius 3 is 2.61 bits per heavy atom. The Bertz CT molecular complexity index is 895. The van der Waals surface area contributed by atoms with Crippen LogP contribution in [0.15, 0.2) is 66.9 Å². The molecule has 2 atom stereocenters. The summed E-state index contributed by atoms with van der Waals surface area (Å²) < 4.78 is 7.63. The largest absolute Gasteiger partial charge is 0.373 e. The zero-order valence-corrected chi connectivity index (χ0v) is 15.7. The van der Waals surface area contributed by atoms with Crippen molar-refractivity contribution in [3.8, 4) is 0 Å². The average molecular weight is 376 g/mol. The van der Waals surface area contributed by atoms with Crippen molar-refractivity contribution in [3.05, 3.63) is 83.7 Å². The fraction of sp³-hybridized carbons (Fsp3) is 0.318. The summed E-state index contributed by atoms with van der Waals surface area (Å²) in [5, 5.41) is 11.5. The number of hydrogen-bond donors (Lipinski definition) is 1. The summed E-state index contributed by atoms with van der Waals surface area (Å²) in [5.41, 5.74) is 3.00. The van der Waals surface area contributed by atoms with Crippen LogP contribution in [0.25, 0.3) is 0 Å². The zero-order chi connectivity index (χ0) is 19.2. The molecule has 1 aromatic heterocycles. The molecule has 6 nitrogen and oxygen atoms in total. The van der Waals surface area contributed by atoms with Crippen LogP contribution in [0.4, 0.5) is 0 Å². The molecule has 0 saturated carbocycles. The van der Waals surface area contributed by atoms with Gasteiger partial charge in [-0.15, -0.1) is 5.10 Å². The van der Waals surface area contributed by atoms with Crippen molar-refractivity contribution in [2.24, 2.45) is 5.92 Å². The van der Waals surface area contributed by atoms with Gasteiger partial charge in [-0.05, 0) is 24.0 Å². The Morgan fingerprint density at radius 2 is 1.82 bits per heavy atom. The molecule has 0 saturated heterocycles. The standard InChI is InChI=1S/C22H24N4O2/c27-22-19(13-17-7-3-1-4-8-17)11-12-26-14-20(24-25-26)15-28-16-21(23-22)18-9-5-2-6-10-18/h1-10,14,19,21H,11-13,15-16H2,(H,23,27)/t19-,21+/m0/s1. The molecule has 0 unspecified atom stereocenters. The lowest BCUT2D eigenvalue weighted by molar-refractivity contribution is -0.126. The number of hydrogen-bond acceptors (Lipinski definition) is 4. The van der Waals surface area contributed by atoms with Gasteiger partial charge in [0.2, 0.25) is 5.91 Å². The molecule has 1 amide bonds. The van der Waals surface area contributed by atoms with Crippen LogP contribution in [0.1, 0.15) is 29.3 Å². The van der Waals surface area contributed by atoms with Gasteiger partial charge < -0.3 is 10.1 Å². The molecule has 3 aromatic rings. The normalized spacial score (nSPS) is 20.6. The van der Waals surface area contributed by atoms with E-state index in [1.165, 1.54) is 0 Å². The molecule has 1 aliphatic rings. The minimum absolute atomic E-state index is 0.0437. The van der Waals surface area contributed by atoms with Gasteiger partial charge in [-0.1, -0.05) is 65.9 Å². The smallest absolute Gasteiger partial charge is 0.224 e. The molecule has 6 heteroatoms. The van der Waals surface area contributed by atoms with E-state index in [0.717, 1.165) is 16.8 Å². The van der Waals surface area contributed by atoms with Gasteiger partial charge in [-0.3, -0.25) is 9.48 Å². The third-order valence-electron chi connectivity index (χ3n) is 5.04. The Hall–Kier alpha value is -2.99. The number of aryl methyl sites for hydroxylation is 1. The fourth-order valence-corrected chi connectivity index (χ4v) is 3.50. The van der Waals surface area contributed by atoms with Gasteiger partial charge in [0, 0.05) is 12.5 Å². The third-order valence-corrected chi connectivity index (χ3v) is 5.04. The van der Waals surface area contributed by atoms with E-state index >= 15 is 0 Å². The van der Waals surface area contributed by atoms with Crippen molar-refractivity contribution in [2.75, 3.05) is 6.61 Å². The first kappa shape index (κ1) is 18.4. The van der Waals surface area contributed by atoms with E-state index < -0.39 is 0 Å². The van der Waals surface area contributed by atoms with E-state index in [1.807, 2.05) is 54.7 Å². The van der Waals surface area contributed by atoms with Gasteiger partial charge in [0.15, 0.2) is 0 Å². The van der Waals surface area contributed by atoms with Gasteiger partial charge >= 0.3 is 0 Å². The highest BCUT2D eigenvalue weighted by molar-refractivity contribution is 5.79. The van der Waals surface area contributed by atoms with Crippen LogP contribution in [-0.2, 0) is 29.1 Å². The topological polar surface area (TPSA) is 69.0 Å². The van der Waals surface area contributed by atoms with Crippen LogP contribution in [0.5, 0.6) is 0 Å². The van der Waals surface area contributed by atoms with Crippen molar-refractivity contribution >= 4 is 5.91 Å². The number of nitrogens with zero attached hydrogens (tertiary/aromatic N) is 3. The monoisotopic (exact) mass is 376 g/mol. The number of benzene rings is 2. The summed E-state index contributed by atoms with van der Waals surface area (Å²) in [4.78, 5) is 13.2. The summed E-state index contributed by atoms with van der Waals surface area (Å²) >= 11 is 0. The van der Waals surface area contributed by atoms with E-state index in [1.54, 1.807) is 4.68 Å². The molecular weight excluding hydrogens is 352 g/mol. The van der Waals surface area contributed by atoms with Crippen LogP contribution in [0.3, 0.4) is 0 Å². The predicted molar refractivity (Wildman–Crippen MR) is 105 cm³/mol. The van der Waals surface area contributed by atoms with Gasteiger partial charge in [0.05, 0.1) is 25.5 Å². The SMILES string of the molecule is O=C1N[C@@H](c2ccccc2)COCc2cn(nn2)CC[C@H]1Cc1ccccc1. The van der Waals surface area contributed by atoms with E-state index in [0.29, 0.717) is 32.6 Å². The van der Waals surface area contributed by atoms with Crippen LogP contribution in [0, 0.1) is 5.92 Å². The van der Waals surface area contributed by atoms with Crippen molar-refractivity contribution in [2.45, 2.75) is 32.0 Å². The lowest BCUT2D eigenvalue weighted by Crippen LogP contribution is -2.37. The maximum absolute atomic E-state index is 13.2. The second kappa shape index (κ2) is 8.80. The first-order chi connectivity index (χ1) is 13.8.